The molecule has 178 valence electrons. The number of anilines is 1. The molecule has 1 aliphatic heterocycles. The van der Waals surface area contributed by atoms with E-state index in [4.69, 9.17) is 0 Å². The molecule has 1 aliphatic rings. The fourth-order valence-electron chi connectivity index (χ4n) is 4.17. The van der Waals surface area contributed by atoms with Crippen LogP contribution in [0.25, 0.3) is 0 Å². The number of nitrogens with one attached hydrogen (secondary N) is 1. The maximum Gasteiger partial charge on any atom is 0.264 e. The van der Waals surface area contributed by atoms with Crippen molar-refractivity contribution in [3.8, 4) is 0 Å². The van der Waals surface area contributed by atoms with E-state index in [1.807, 2.05) is 30.3 Å². The van der Waals surface area contributed by atoms with Crippen LogP contribution in [-0.2, 0) is 16.6 Å². The normalized spacial score (nSPS) is 14.1. The van der Waals surface area contributed by atoms with Crippen LogP contribution in [0.15, 0.2) is 89.8 Å². The second-order valence-electron chi connectivity index (χ2n) is 8.52. The molecule has 4 rings (SSSR count). The van der Waals surface area contributed by atoms with Gasteiger partial charge in [0.25, 0.3) is 15.9 Å². The number of carbonyl (C=O) groups is 1. The summed E-state index contributed by atoms with van der Waals surface area (Å²) in [4.78, 5) is 15.2. The van der Waals surface area contributed by atoms with Gasteiger partial charge in [-0.05, 0) is 80.9 Å². The quantitative estimate of drug-likeness (QED) is 0.442. The van der Waals surface area contributed by atoms with Gasteiger partial charge in [0.1, 0.15) is 0 Å². The lowest BCUT2D eigenvalue weighted by molar-refractivity contribution is 0.0952. The van der Waals surface area contributed by atoms with Crippen LogP contribution in [0.2, 0.25) is 0 Å². The Morgan fingerprint density at radius 3 is 2.12 bits per heavy atom. The highest BCUT2D eigenvalue weighted by Gasteiger charge is 2.25. The van der Waals surface area contributed by atoms with Gasteiger partial charge in [0, 0.05) is 12.1 Å². The molecule has 1 fully saturated rings. The molecule has 1 saturated heterocycles. The zero-order valence-electron chi connectivity index (χ0n) is 19.3. The molecule has 0 aliphatic carbocycles. The summed E-state index contributed by atoms with van der Waals surface area (Å²) in [6.45, 7) is 4.16. The number of nitrogens with zero attached hydrogens (tertiary/aromatic N) is 2. The molecule has 1 amide bonds. The van der Waals surface area contributed by atoms with Crippen molar-refractivity contribution in [1.29, 1.82) is 0 Å². The smallest absolute Gasteiger partial charge is 0.264 e. The summed E-state index contributed by atoms with van der Waals surface area (Å²) in [5.74, 6) is -0.107. The Kier molecular flexibility index (Phi) is 7.98. The van der Waals surface area contributed by atoms with Crippen LogP contribution in [0, 0.1) is 0 Å². The van der Waals surface area contributed by atoms with Crippen molar-refractivity contribution < 1.29 is 13.2 Å². The van der Waals surface area contributed by atoms with Gasteiger partial charge < -0.3 is 10.2 Å². The summed E-state index contributed by atoms with van der Waals surface area (Å²) < 4.78 is 28.2. The molecule has 1 heterocycles. The standard InChI is InChI=1S/C27H31N3O3S/c31-27(28-18-9-21-29-19-7-8-20-29)24-16-14-23(15-17-24)22-30(25-10-3-1-4-11-25)34(32,33)26-12-5-2-6-13-26/h1-6,10-17H,7-9,18-22H2,(H,28,31). The maximum atomic E-state index is 13.4. The van der Waals surface area contributed by atoms with Crippen molar-refractivity contribution in [2.24, 2.45) is 0 Å². The summed E-state index contributed by atoms with van der Waals surface area (Å²) >= 11 is 0. The molecule has 3 aromatic carbocycles. The van der Waals surface area contributed by atoms with Crippen LogP contribution in [0.5, 0.6) is 0 Å². The average Bonchev–Trinajstić information content (AvgIpc) is 3.40. The predicted octanol–water partition coefficient (Wildman–Crippen LogP) is 4.30. The first-order valence-corrected chi connectivity index (χ1v) is 13.2. The molecule has 0 atom stereocenters. The van der Waals surface area contributed by atoms with Crippen molar-refractivity contribution in [1.82, 2.24) is 10.2 Å². The van der Waals surface area contributed by atoms with E-state index in [0.717, 1.165) is 31.6 Å². The number of amides is 1. The van der Waals surface area contributed by atoms with E-state index < -0.39 is 10.0 Å². The van der Waals surface area contributed by atoms with Crippen LogP contribution in [-0.4, -0.2) is 45.4 Å². The second-order valence-corrected chi connectivity index (χ2v) is 10.4. The molecule has 0 radical (unpaired) electrons. The van der Waals surface area contributed by atoms with E-state index in [1.54, 1.807) is 54.6 Å². The fourth-order valence-corrected chi connectivity index (χ4v) is 5.64. The van der Waals surface area contributed by atoms with Gasteiger partial charge in [0.05, 0.1) is 17.1 Å². The van der Waals surface area contributed by atoms with E-state index in [1.165, 1.54) is 17.1 Å². The van der Waals surface area contributed by atoms with Gasteiger partial charge in [-0.25, -0.2) is 8.42 Å². The van der Waals surface area contributed by atoms with Crippen LogP contribution in [0.3, 0.4) is 0 Å². The summed E-state index contributed by atoms with van der Waals surface area (Å²) in [7, 11) is -3.75. The van der Waals surface area contributed by atoms with Crippen LogP contribution in [0.4, 0.5) is 5.69 Å². The minimum absolute atomic E-state index is 0.107. The highest BCUT2D eigenvalue weighted by molar-refractivity contribution is 7.92. The Morgan fingerprint density at radius 1 is 0.853 bits per heavy atom. The minimum atomic E-state index is -3.75. The molecule has 1 N–H and O–H groups in total. The molecule has 0 bridgehead atoms. The third-order valence-electron chi connectivity index (χ3n) is 6.05. The third kappa shape index (κ3) is 6.04. The minimum Gasteiger partial charge on any atom is -0.352 e. The lowest BCUT2D eigenvalue weighted by Crippen LogP contribution is -2.30. The molecule has 0 spiro atoms. The lowest BCUT2D eigenvalue weighted by atomic mass is 10.1. The SMILES string of the molecule is O=C(NCCCN1CCCC1)c1ccc(CN(c2ccccc2)S(=O)(=O)c2ccccc2)cc1. The monoisotopic (exact) mass is 477 g/mol. The molecule has 6 nitrogen and oxygen atoms in total. The van der Waals surface area contributed by atoms with Crippen LogP contribution in [0.1, 0.15) is 35.2 Å². The van der Waals surface area contributed by atoms with Gasteiger partial charge in [-0.3, -0.25) is 9.10 Å². The van der Waals surface area contributed by atoms with Crippen molar-refractivity contribution >= 4 is 21.6 Å². The van der Waals surface area contributed by atoms with Crippen LogP contribution >= 0.6 is 0 Å². The number of rotatable bonds is 10. The lowest BCUT2D eigenvalue weighted by Gasteiger charge is -2.25. The third-order valence-corrected chi connectivity index (χ3v) is 7.84. The number of benzene rings is 3. The molecule has 7 heteroatoms. The van der Waals surface area contributed by atoms with Gasteiger partial charge in [0.15, 0.2) is 0 Å². The number of para-hydroxylation sites is 1. The number of likely N-dealkylation sites (tertiary alicyclic amines) is 1. The second kappa shape index (κ2) is 11.3. The topological polar surface area (TPSA) is 69.7 Å². The van der Waals surface area contributed by atoms with Crippen LogP contribution < -0.4 is 9.62 Å². The number of hydrogen-bond acceptors (Lipinski definition) is 4. The zero-order valence-corrected chi connectivity index (χ0v) is 20.1. The highest BCUT2D eigenvalue weighted by Crippen LogP contribution is 2.25. The average molecular weight is 478 g/mol. The molecule has 34 heavy (non-hydrogen) atoms. The molecule has 0 unspecified atom stereocenters. The van der Waals surface area contributed by atoms with Crippen molar-refractivity contribution in [2.75, 3.05) is 30.5 Å². The molecule has 3 aromatic rings. The predicted molar refractivity (Wildman–Crippen MR) is 135 cm³/mol. The van der Waals surface area contributed by atoms with Gasteiger partial charge in [-0.15, -0.1) is 0 Å². The number of sulfonamides is 1. The van der Waals surface area contributed by atoms with E-state index in [9.17, 15) is 13.2 Å². The number of hydrogen-bond donors (Lipinski definition) is 1. The Bertz CT molecular complexity index is 1160. The Labute approximate surface area is 202 Å². The molecular weight excluding hydrogens is 446 g/mol. The zero-order chi connectivity index (χ0) is 23.8. The largest absolute Gasteiger partial charge is 0.352 e. The van der Waals surface area contributed by atoms with E-state index >= 15 is 0 Å². The van der Waals surface area contributed by atoms with E-state index in [2.05, 4.69) is 10.2 Å². The molecule has 0 saturated carbocycles. The summed E-state index contributed by atoms with van der Waals surface area (Å²) in [6, 6.07) is 24.6. The van der Waals surface area contributed by atoms with Crippen molar-refractivity contribution in [2.45, 2.75) is 30.7 Å². The highest BCUT2D eigenvalue weighted by atomic mass is 32.2. The number of carbonyl (C=O) groups excluding carboxylic acids is 1. The summed E-state index contributed by atoms with van der Waals surface area (Å²) in [5.41, 5.74) is 1.96. The summed E-state index contributed by atoms with van der Waals surface area (Å²) in [6.07, 6.45) is 3.48. The first-order chi connectivity index (χ1) is 16.5. The molecule has 0 aromatic heterocycles. The van der Waals surface area contributed by atoms with Gasteiger partial charge >= 0.3 is 0 Å². The van der Waals surface area contributed by atoms with E-state index in [-0.39, 0.29) is 17.3 Å². The Morgan fingerprint density at radius 2 is 1.47 bits per heavy atom. The summed E-state index contributed by atoms with van der Waals surface area (Å²) in [5, 5.41) is 2.98. The molecular formula is C27H31N3O3S. The van der Waals surface area contributed by atoms with Gasteiger partial charge in [0.2, 0.25) is 0 Å². The Hall–Kier alpha value is -3.16. The maximum absolute atomic E-state index is 13.4. The van der Waals surface area contributed by atoms with Gasteiger partial charge in [-0.2, -0.15) is 0 Å². The first-order valence-electron chi connectivity index (χ1n) is 11.8. The fraction of sp³-hybridized carbons (Fsp3) is 0.296. The first kappa shape index (κ1) is 24.0. The Balaban J connectivity index is 1.42. The van der Waals surface area contributed by atoms with Crippen molar-refractivity contribution in [3.63, 3.8) is 0 Å². The van der Waals surface area contributed by atoms with E-state index in [0.29, 0.717) is 17.8 Å². The van der Waals surface area contributed by atoms with Gasteiger partial charge in [-0.1, -0.05) is 48.5 Å². The van der Waals surface area contributed by atoms with Crippen molar-refractivity contribution in [3.05, 3.63) is 96.1 Å².